The molecule has 0 spiro atoms. The highest BCUT2D eigenvalue weighted by atomic mass is 16.5. The Morgan fingerprint density at radius 3 is 2.71 bits per heavy atom. The van der Waals surface area contributed by atoms with Crippen molar-refractivity contribution >= 4 is 0 Å². The Kier molecular flexibility index (Phi) is 5.63. The second-order valence-electron chi connectivity index (χ2n) is 6.30. The van der Waals surface area contributed by atoms with Crippen LogP contribution in [0.15, 0.2) is 42.7 Å². The van der Waals surface area contributed by atoms with Gasteiger partial charge in [-0.1, -0.05) is 24.3 Å². The van der Waals surface area contributed by atoms with Gasteiger partial charge in [-0.15, -0.1) is 0 Å². The van der Waals surface area contributed by atoms with E-state index in [1.54, 1.807) is 13.3 Å². The van der Waals surface area contributed by atoms with Gasteiger partial charge in [-0.2, -0.15) is 5.10 Å². The highest BCUT2D eigenvalue weighted by molar-refractivity contribution is 5.22. The van der Waals surface area contributed by atoms with Gasteiger partial charge in [0.05, 0.1) is 25.8 Å². The largest absolute Gasteiger partial charge is 0.389 e. The van der Waals surface area contributed by atoms with E-state index in [1.165, 1.54) is 11.1 Å². The lowest BCUT2D eigenvalue weighted by Crippen LogP contribution is -2.55. The summed E-state index contributed by atoms with van der Waals surface area (Å²) >= 11 is 0. The van der Waals surface area contributed by atoms with Crippen LogP contribution in [0.4, 0.5) is 0 Å². The molecule has 130 valence electrons. The van der Waals surface area contributed by atoms with Gasteiger partial charge in [-0.3, -0.25) is 9.58 Å². The smallest absolute Gasteiger partial charge is 0.108 e. The highest BCUT2D eigenvalue weighted by Crippen LogP contribution is 2.18. The molecular weight excluding hydrogens is 306 g/mol. The molecule has 1 N–H and O–H groups in total. The summed E-state index contributed by atoms with van der Waals surface area (Å²) in [6, 6.07) is 10.4. The van der Waals surface area contributed by atoms with E-state index in [9.17, 15) is 5.11 Å². The van der Waals surface area contributed by atoms with Crippen molar-refractivity contribution in [3.8, 4) is 0 Å². The van der Waals surface area contributed by atoms with Crippen LogP contribution in [0.3, 0.4) is 0 Å². The minimum atomic E-state index is -0.534. The van der Waals surface area contributed by atoms with Crippen molar-refractivity contribution in [3.63, 3.8) is 0 Å². The molecule has 0 unspecified atom stereocenters. The molecule has 0 bridgehead atoms. The van der Waals surface area contributed by atoms with Crippen LogP contribution in [-0.2, 0) is 22.6 Å². The van der Waals surface area contributed by atoms with Crippen molar-refractivity contribution in [2.24, 2.45) is 0 Å². The highest BCUT2D eigenvalue weighted by Gasteiger charge is 2.35. The number of aliphatic hydroxyl groups is 1. The maximum atomic E-state index is 10.4. The zero-order valence-electron chi connectivity index (χ0n) is 14.2. The van der Waals surface area contributed by atoms with Crippen LogP contribution >= 0.6 is 0 Å². The molecule has 6 heteroatoms. The molecule has 1 aromatic carbocycles. The van der Waals surface area contributed by atoms with E-state index in [0.29, 0.717) is 13.2 Å². The average molecular weight is 331 g/mol. The van der Waals surface area contributed by atoms with Crippen LogP contribution in [0.2, 0.25) is 0 Å². The number of benzene rings is 1. The fraction of sp³-hybridized carbons (Fsp3) is 0.500. The molecule has 2 aromatic rings. The maximum absolute atomic E-state index is 10.4. The first-order chi connectivity index (χ1) is 11.7. The Balaban J connectivity index is 1.58. The topological polar surface area (TPSA) is 59.8 Å². The quantitative estimate of drug-likeness (QED) is 0.860. The third-order valence-electron chi connectivity index (χ3n) is 4.57. The lowest BCUT2D eigenvalue weighted by molar-refractivity contribution is -0.142. The fourth-order valence-electron chi connectivity index (χ4n) is 3.08. The third kappa shape index (κ3) is 4.02. The van der Waals surface area contributed by atoms with Gasteiger partial charge in [0.15, 0.2) is 0 Å². The van der Waals surface area contributed by atoms with Crippen molar-refractivity contribution in [1.82, 2.24) is 14.7 Å². The van der Waals surface area contributed by atoms with Gasteiger partial charge < -0.3 is 14.6 Å². The molecule has 3 rings (SSSR count). The second kappa shape index (κ2) is 7.90. The molecule has 1 aliphatic heterocycles. The van der Waals surface area contributed by atoms with Crippen LogP contribution in [0.1, 0.15) is 11.1 Å². The maximum Gasteiger partial charge on any atom is 0.108 e. The number of methoxy groups -OCH3 is 1. The Morgan fingerprint density at radius 2 is 2.04 bits per heavy atom. The minimum absolute atomic E-state index is 0.0625. The van der Waals surface area contributed by atoms with E-state index < -0.39 is 6.10 Å². The van der Waals surface area contributed by atoms with Crippen LogP contribution in [-0.4, -0.2) is 65.4 Å². The number of hydrogen-bond acceptors (Lipinski definition) is 5. The van der Waals surface area contributed by atoms with Gasteiger partial charge in [0, 0.05) is 26.0 Å². The SMILES string of the molecule is CO[C@@H]1COC[C@@H](N(C)Cc2ccc(Cn3cccn3)cc2)[C@@H]1O. The Morgan fingerprint density at radius 1 is 1.29 bits per heavy atom. The third-order valence-corrected chi connectivity index (χ3v) is 4.57. The van der Waals surface area contributed by atoms with E-state index in [-0.39, 0.29) is 12.1 Å². The van der Waals surface area contributed by atoms with Crippen molar-refractivity contribution < 1.29 is 14.6 Å². The van der Waals surface area contributed by atoms with Gasteiger partial charge >= 0.3 is 0 Å². The van der Waals surface area contributed by atoms with Gasteiger partial charge in [0.2, 0.25) is 0 Å². The summed E-state index contributed by atoms with van der Waals surface area (Å²) in [6.07, 6.45) is 2.95. The predicted octanol–water partition coefficient (Wildman–Crippen LogP) is 1.14. The van der Waals surface area contributed by atoms with Crippen molar-refractivity contribution in [2.75, 3.05) is 27.4 Å². The molecule has 2 heterocycles. The second-order valence-corrected chi connectivity index (χ2v) is 6.30. The summed E-state index contributed by atoms with van der Waals surface area (Å²) in [4.78, 5) is 2.12. The summed E-state index contributed by atoms with van der Waals surface area (Å²) in [6.45, 7) is 2.50. The number of ether oxygens (including phenoxy) is 2. The monoisotopic (exact) mass is 331 g/mol. The van der Waals surface area contributed by atoms with Gasteiger partial charge in [-0.05, 0) is 24.2 Å². The molecule has 1 fully saturated rings. The molecule has 1 aromatic heterocycles. The Bertz CT molecular complexity index is 615. The molecule has 0 aliphatic carbocycles. The first kappa shape index (κ1) is 17.1. The summed E-state index contributed by atoms with van der Waals surface area (Å²) < 4.78 is 12.8. The van der Waals surface area contributed by atoms with E-state index >= 15 is 0 Å². The van der Waals surface area contributed by atoms with Crippen molar-refractivity contribution in [3.05, 3.63) is 53.9 Å². The van der Waals surface area contributed by atoms with E-state index in [2.05, 4.69) is 34.3 Å². The normalized spacial score (nSPS) is 24.4. The first-order valence-electron chi connectivity index (χ1n) is 8.21. The summed E-state index contributed by atoms with van der Waals surface area (Å²) in [5, 5.41) is 14.6. The van der Waals surface area contributed by atoms with Gasteiger partial charge in [0.1, 0.15) is 12.2 Å². The molecule has 0 radical (unpaired) electrons. The van der Waals surface area contributed by atoms with E-state index in [0.717, 1.165) is 13.1 Å². The molecule has 1 saturated heterocycles. The van der Waals surface area contributed by atoms with Gasteiger partial charge in [0.25, 0.3) is 0 Å². The zero-order valence-corrected chi connectivity index (χ0v) is 14.2. The lowest BCUT2D eigenvalue weighted by Gasteiger charge is -2.39. The fourth-order valence-corrected chi connectivity index (χ4v) is 3.08. The van der Waals surface area contributed by atoms with Crippen molar-refractivity contribution in [2.45, 2.75) is 31.3 Å². The minimum Gasteiger partial charge on any atom is -0.389 e. The molecule has 3 atom stereocenters. The number of nitrogens with zero attached hydrogens (tertiary/aromatic N) is 3. The van der Waals surface area contributed by atoms with E-state index in [4.69, 9.17) is 9.47 Å². The molecule has 0 amide bonds. The first-order valence-corrected chi connectivity index (χ1v) is 8.21. The van der Waals surface area contributed by atoms with Crippen LogP contribution in [0.25, 0.3) is 0 Å². The molecule has 1 aliphatic rings. The zero-order chi connectivity index (χ0) is 16.9. The molecular formula is C18H25N3O3. The molecule has 6 nitrogen and oxygen atoms in total. The average Bonchev–Trinajstić information content (AvgIpc) is 3.10. The van der Waals surface area contributed by atoms with Crippen LogP contribution in [0, 0.1) is 0 Å². The van der Waals surface area contributed by atoms with E-state index in [1.807, 2.05) is 24.0 Å². The van der Waals surface area contributed by atoms with Crippen LogP contribution in [0.5, 0.6) is 0 Å². The number of rotatable bonds is 6. The molecule has 24 heavy (non-hydrogen) atoms. The lowest BCUT2D eigenvalue weighted by atomic mass is 10.0. The predicted molar refractivity (Wildman–Crippen MR) is 90.6 cm³/mol. The summed E-state index contributed by atoms with van der Waals surface area (Å²) in [7, 11) is 3.62. The Labute approximate surface area is 142 Å². The number of aromatic nitrogens is 2. The molecule has 0 saturated carbocycles. The summed E-state index contributed by atoms with van der Waals surface area (Å²) in [5.41, 5.74) is 2.42. The summed E-state index contributed by atoms with van der Waals surface area (Å²) in [5.74, 6) is 0. The van der Waals surface area contributed by atoms with Crippen LogP contribution < -0.4 is 0 Å². The number of likely N-dealkylation sites (N-methyl/N-ethyl adjacent to an activating group) is 1. The number of aliphatic hydroxyl groups excluding tert-OH is 1. The Hall–Kier alpha value is -1.73. The van der Waals surface area contributed by atoms with Crippen molar-refractivity contribution in [1.29, 1.82) is 0 Å². The number of hydrogen-bond donors (Lipinski definition) is 1. The standard InChI is InChI=1S/C18H25N3O3/c1-20(16-12-24-13-17(23-2)18(16)22)10-14-4-6-15(7-5-14)11-21-9-3-8-19-21/h3-9,16-18,22H,10-13H2,1-2H3/t16-,17-,18+/m1/s1. The van der Waals surface area contributed by atoms with Gasteiger partial charge in [-0.25, -0.2) is 0 Å².